The van der Waals surface area contributed by atoms with Crippen LogP contribution in [0.4, 0.5) is 0 Å². The number of amidine groups is 1. The molecule has 0 N–H and O–H groups in total. The molecule has 2 heteroatoms. The molecular formula is C10H16N2. The first-order chi connectivity index (χ1) is 5.65. The van der Waals surface area contributed by atoms with E-state index in [1.165, 1.54) is 5.57 Å². The van der Waals surface area contributed by atoms with Crippen LogP contribution in [0.25, 0.3) is 0 Å². The van der Waals surface area contributed by atoms with E-state index in [0.717, 1.165) is 5.84 Å². The van der Waals surface area contributed by atoms with E-state index in [4.69, 9.17) is 0 Å². The molecule has 0 amide bonds. The van der Waals surface area contributed by atoms with Gasteiger partial charge >= 0.3 is 0 Å². The zero-order chi connectivity index (χ0) is 9.14. The molecular weight excluding hydrogens is 148 g/mol. The van der Waals surface area contributed by atoms with E-state index in [1.807, 2.05) is 20.2 Å². The molecule has 1 aliphatic heterocycles. The predicted molar refractivity (Wildman–Crippen MR) is 53.2 cm³/mol. The monoisotopic (exact) mass is 164 g/mol. The van der Waals surface area contributed by atoms with Gasteiger partial charge in [-0.2, -0.15) is 0 Å². The lowest BCUT2D eigenvalue weighted by Gasteiger charge is -2.12. The van der Waals surface area contributed by atoms with Crippen molar-refractivity contribution in [3.8, 4) is 0 Å². The highest BCUT2D eigenvalue weighted by molar-refractivity contribution is 6.03. The van der Waals surface area contributed by atoms with E-state index in [1.54, 1.807) is 0 Å². The van der Waals surface area contributed by atoms with Crippen LogP contribution in [-0.2, 0) is 0 Å². The average molecular weight is 164 g/mol. The molecule has 12 heavy (non-hydrogen) atoms. The molecule has 66 valence electrons. The summed E-state index contributed by atoms with van der Waals surface area (Å²) in [5, 5.41) is 0. The topological polar surface area (TPSA) is 15.6 Å². The highest BCUT2D eigenvalue weighted by atomic mass is 15.2. The van der Waals surface area contributed by atoms with Gasteiger partial charge < -0.3 is 4.90 Å². The summed E-state index contributed by atoms with van der Waals surface area (Å²) in [7, 11) is 2.02. The fourth-order valence-electron chi connectivity index (χ4n) is 1.18. The molecule has 2 nitrogen and oxygen atoms in total. The van der Waals surface area contributed by atoms with E-state index in [9.17, 15) is 0 Å². The van der Waals surface area contributed by atoms with Gasteiger partial charge in [0.05, 0.1) is 0 Å². The Morgan fingerprint density at radius 3 is 2.67 bits per heavy atom. The van der Waals surface area contributed by atoms with Crippen molar-refractivity contribution in [3.63, 3.8) is 0 Å². The minimum Gasteiger partial charge on any atom is -0.336 e. The molecule has 0 fully saturated rings. The molecule has 0 aromatic carbocycles. The van der Waals surface area contributed by atoms with Crippen LogP contribution >= 0.6 is 0 Å². The summed E-state index contributed by atoms with van der Waals surface area (Å²) in [6, 6.07) is 0.359. The first-order valence-electron chi connectivity index (χ1n) is 4.30. The molecule has 0 saturated heterocycles. The third-order valence-electron chi connectivity index (χ3n) is 1.76. The van der Waals surface area contributed by atoms with E-state index in [2.05, 4.69) is 35.9 Å². The number of rotatable bonds is 1. The summed E-state index contributed by atoms with van der Waals surface area (Å²) in [4.78, 5) is 6.57. The SMILES string of the molecule is C/C=C1/C=CN(C)/C1=N/C(C)C. The van der Waals surface area contributed by atoms with Crippen molar-refractivity contribution in [1.29, 1.82) is 0 Å². The first-order valence-corrected chi connectivity index (χ1v) is 4.30. The van der Waals surface area contributed by atoms with Crippen molar-refractivity contribution < 1.29 is 0 Å². The van der Waals surface area contributed by atoms with Gasteiger partial charge in [-0.25, -0.2) is 0 Å². The molecule has 0 unspecified atom stereocenters. The molecule has 1 heterocycles. The standard InChI is InChI=1S/C10H16N2/c1-5-9-6-7-12(4)10(9)11-8(2)3/h5-8H,1-4H3/b9-5-,11-10+. The van der Waals surface area contributed by atoms with Crippen LogP contribution in [0.15, 0.2) is 28.9 Å². The summed E-state index contributed by atoms with van der Waals surface area (Å²) in [6.07, 6.45) is 6.21. The Morgan fingerprint density at radius 1 is 1.50 bits per heavy atom. The number of nitrogens with zero attached hydrogens (tertiary/aromatic N) is 2. The van der Waals surface area contributed by atoms with E-state index < -0.39 is 0 Å². The Kier molecular flexibility index (Phi) is 2.69. The third kappa shape index (κ3) is 1.76. The molecule has 0 aromatic heterocycles. The van der Waals surface area contributed by atoms with Crippen molar-refractivity contribution >= 4 is 5.84 Å². The van der Waals surface area contributed by atoms with E-state index in [-0.39, 0.29) is 0 Å². The summed E-state index contributed by atoms with van der Waals surface area (Å²) >= 11 is 0. The molecule has 1 rings (SSSR count). The zero-order valence-corrected chi connectivity index (χ0v) is 8.20. The normalized spacial score (nSPS) is 23.6. The van der Waals surface area contributed by atoms with Crippen LogP contribution in [0.3, 0.4) is 0 Å². The van der Waals surface area contributed by atoms with Crippen LogP contribution in [-0.4, -0.2) is 23.8 Å². The van der Waals surface area contributed by atoms with Gasteiger partial charge in [-0.15, -0.1) is 0 Å². The van der Waals surface area contributed by atoms with E-state index in [0.29, 0.717) is 6.04 Å². The number of aliphatic imine (C=N–C) groups is 1. The molecule has 0 spiro atoms. The Hall–Kier alpha value is -1.05. The van der Waals surface area contributed by atoms with Crippen LogP contribution in [0, 0.1) is 0 Å². The van der Waals surface area contributed by atoms with Gasteiger partial charge in [0.25, 0.3) is 0 Å². The minimum absolute atomic E-state index is 0.359. The molecule has 0 saturated carbocycles. The fraction of sp³-hybridized carbons (Fsp3) is 0.500. The maximum atomic E-state index is 4.52. The second-order valence-electron chi connectivity index (χ2n) is 3.22. The Morgan fingerprint density at radius 2 is 2.17 bits per heavy atom. The smallest absolute Gasteiger partial charge is 0.134 e. The van der Waals surface area contributed by atoms with Crippen molar-refractivity contribution in [2.24, 2.45) is 4.99 Å². The third-order valence-corrected chi connectivity index (χ3v) is 1.76. The van der Waals surface area contributed by atoms with Crippen LogP contribution in [0.2, 0.25) is 0 Å². The van der Waals surface area contributed by atoms with Gasteiger partial charge in [0.2, 0.25) is 0 Å². The number of allylic oxidation sites excluding steroid dienone is 1. The maximum absolute atomic E-state index is 4.52. The molecule has 1 aliphatic rings. The largest absolute Gasteiger partial charge is 0.336 e. The number of likely N-dealkylation sites (N-methyl/N-ethyl adjacent to an activating group) is 1. The van der Waals surface area contributed by atoms with E-state index >= 15 is 0 Å². The summed E-state index contributed by atoms with van der Waals surface area (Å²) in [6.45, 7) is 6.22. The van der Waals surface area contributed by atoms with Gasteiger partial charge in [0.15, 0.2) is 0 Å². The van der Waals surface area contributed by atoms with Crippen molar-refractivity contribution in [2.45, 2.75) is 26.8 Å². The van der Waals surface area contributed by atoms with Crippen molar-refractivity contribution in [3.05, 3.63) is 23.9 Å². The Balaban J connectivity index is 2.90. The van der Waals surface area contributed by atoms with Crippen LogP contribution in [0.1, 0.15) is 20.8 Å². The summed E-state index contributed by atoms with van der Waals surface area (Å²) < 4.78 is 0. The lowest BCUT2D eigenvalue weighted by molar-refractivity contribution is 0.684. The molecule has 0 atom stereocenters. The number of hydrogen-bond acceptors (Lipinski definition) is 1. The van der Waals surface area contributed by atoms with Gasteiger partial charge in [-0.1, -0.05) is 6.08 Å². The van der Waals surface area contributed by atoms with Gasteiger partial charge in [-0.3, -0.25) is 4.99 Å². The maximum Gasteiger partial charge on any atom is 0.134 e. The molecule has 0 radical (unpaired) electrons. The van der Waals surface area contributed by atoms with Crippen LogP contribution < -0.4 is 0 Å². The lowest BCUT2D eigenvalue weighted by atomic mass is 10.2. The van der Waals surface area contributed by atoms with Gasteiger partial charge in [-0.05, 0) is 26.8 Å². The van der Waals surface area contributed by atoms with Gasteiger partial charge in [0, 0.05) is 24.9 Å². The van der Waals surface area contributed by atoms with Crippen molar-refractivity contribution in [1.82, 2.24) is 4.90 Å². The minimum atomic E-state index is 0.359. The predicted octanol–water partition coefficient (Wildman–Crippen LogP) is 2.20. The molecule has 0 bridgehead atoms. The highest BCUT2D eigenvalue weighted by Gasteiger charge is 2.13. The second-order valence-corrected chi connectivity index (χ2v) is 3.22. The lowest BCUT2D eigenvalue weighted by Crippen LogP contribution is -2.18. The summed E-state index contributed by atoms with van der Waals surface area (Å²) in [5.74, 6) is 1.08. The molecule has 0 aromatic rings. The zero-order valence-electron chi connectivity index (χ0n) is 8.20. The van der Waals surface area contributed by atoms with Gasteiger partial charge in [0.1, 0.15) is 5.84 Å². The average Bonchev–Trinajstić information content (AvgIpc) is 2.32. The first kappa shape index (κ1) is 9.04. The fourth-order valence-corrected chi connectivity index (χ4v) is 1.18. The van der Waals surface area contributed by atoms with Crippen LogP contribution in [0.5, 0.6) is 0 Å². The quantitative estimate of drug-likeness (QED) is 0.580. The Bertz CT molecular complexity index is 247. The summed E-state index contributed by atoms with van der Waals surface area (Å²) in [5.41, 5.74) is 1.21. The highest BCUT2D eigenvalue weighted by Crippen LogP contribution is 2.13. The molecule has 0 aliphatic carbocycles. The van der Waals surface area contributed by atoms with Crippen molar-refractivity contribution in [2.75, 3.05) is 7.05 Å². The second kappa shape index (κ2) is 3.57. The Labute approximate surface area is 74.3 Å². The number of hydrogen-bond donors (Lipinski definition) is 0.